The van der Waals surface area contributed by atoms with Gasteiger partial charge in [0.1, 0.15) is 5.75 Å². The van der Waals surface area contributed by atoms with Gasteiger partial charge in [0.25, 0.3) is 0 Å². The Morgan fingerprint density at radius 1 is 1.18 bits per heavy atom. The van der Waals surface area contributed by atoms with Gasteiger partial charge in [-0.15, -0.1) is 0 Å². The maximum atomic E-state index is 11.9. The number of carbonyl (C=O) groups is 1. The van der Waals surface area contributed by atoms with Crippen LogP contribution < -0.4 is 5.32 Å². The molecular weight excluding hydrogens is 298 g/mol. The normalized spacial score (nSPS) is 13.2. The van der Waals surface area contributed by atoms with Crippen molar-refractivity contribution in [3.05, 3.63) is 34.9 Å². The summed E-state index contributed by atoms with van der Waals surface area (Å²) in [6.07, 6.45) is 0.697. The number of amides is 1. The van der Waals surface area contributed by atoms with E-state index in [0.29, 0.717) is 6.42 Å². The minimum atomic E-state index is -3.32. The molecule has 0 spiro atoms. The SMILES string of the molecule is Cc1ccc(C[C@@H](C)NC(=O)CS(=O)(=O)CC(C)C)c(C)c1. The number of hydrogen-bond donors (Lipinski definition) is 1. The average molecular weight is 325 g/mol. The quantitative estimate of drug-likeness (QED) is 0.837. The van der Waals surface area contributed by atoms with Crippen LogP contribution in [-0.4, -0.2) is 31.9 Å². The summed E-state index contributed by atoms with van der Waals surface area (Å²) in [5.41, 5.74) is 3.56. The summed E-state index contributed by atoms with van der Waals surface area (Å²) in [5.74, 6) is -0.766. The van der Waals surface area contributed by atoms with Crippen molar-refractivity contribution in [3.63, 3.8) is 0 Å². The van der Waals surface area contributed by atoms with Crippen LogP contribution in [0.15, 0.2) is 18.2 Å². The molecular formula is C17H27NO3S. The Labute approximate surface area is 134 Å². The lowest BCUT2D eigenvalue weighted by atomic mass is 10.00. The first-order valence-corrected chi connectivity index (χ1v) is 9.47. The Hall–Kier alpha value is -1.36. The molecule has 0 saturated heterocycles. The fraction of sp³-hybridized carbons (Fsp3) is 0.588. The maximum Gasteiger partial charge on any atom is 0.235 e. The van der Waals surface area contributed by atoms with Gasteiger partial charge >= 0.3 is 0 Å². The molecule has 0 unspecified atom stereocenters. The lowest BCUT2D eigenvalue weighted by molar-refractivity contribution is -0.119. The predicted octanol–water partition coefficient (Wildman–Crippen LogP) is 2.42. The van der Waals surface area contributed by atoms with Crippen molar-refractivity contribution in [1.82, 2.24) is 5.32 Å². The molecule has 0 fully saturated rings. The van der Waals surface area contributed by atoms with E-state index in [-0.39, 0.29) is 17.7 Å². The van der Waals surface area contributed by atoms with Gasteiger partial charge in [0.05, 0.1) is 5.75 Å². The Morgan fingerprint density at radius 2 is 1.82 bits per heavy atom. The van der Waals surface area contributed by atoms with Crippen LogP contribution in [0.4, 0.5) is 0 Å². The van der Waals surface area contributed by atoms with E-state index in [1.165, 1.54) is 16.7 Å². The largest absolute Gasteiger partial charge is 0.352 e. The number of aryl methyl sites for hydroxylation is 2. The van der Waals surface area contributed by atoms with E-state index in [1.54, 1.807) is 0 Å². The molecule has 22 heavy (non-hydrogen) atoms. The van der Waals surface area contributed by atoms with Crippen LogP contribution in [0.2, 0.25) is 0 Å². The zero-order valence-electron chi connectivity index (χ0n) is 14.1. The second-order valence-corrected chi connectivity index (χ2v) is 8.66. The highest BCUT2D eigenvalue weighted by molar-refractivity contribution is 7.92. The molecule has 5 heteroatoms. The second-order valence-electron chi connectivity index (χ2n) is 6.55. The van der Waals surface area contributed by atoms with Crippen molar-refractivity contribution in [2.24, 2.45) is 5.92 Å². The molecule has 4 nitrogen and oxygen atoms in total. The van der Waals surface area contributed by atoms with Crippen molar-refractivity contribution in [2.45, 2.75) is 47.1 Å². The van der Waals surface area contributed by atoms with E-state index in [2.05, 4.69) is 17.4 Å². The third-order valence-electron chi connectivity index (χ3n) is 3.37. The maximum absolute atomic E-state index is 11.9. The summed E-state index contributed by atoms with van der Waals surface area (Å²) in [4.78, 5) is 11.9. The Balaban J connectivity index is 2.57. The molecule has 1 rings (SSSR count). The third-order valence-corrected chi connectivity index (χ3v) is 5.25. The molecule has 0 bridgehead atoms. The Bertz CT molecular complexity index is 621. The van der Waals surface area contributed by atoms with Gasteiger partial charge in [-0.25, -0.2) is 8.42 Å². The number of hydrogen-bond acceptors (Lipinski definition) is 3. The van der Waals surface area contributed by atoms with Crippen molar-refractivity contribution < 1.29 is 13.2 Å². The van der Waals surface area contributed by atoms with Gasteiger partial charge in [-0.2, -0.15) is 0 Å². The van der Waals surface area contributed by atoms with E-state index in [9.17, 15) is 13.2 Å². The van der Waals surface area contributed by atoms with E-state index in [1.807, 2.05) is 40.7 Å². The zero-order valence-corrected chi connectivity index (χ0v) is 15.0. The second kappa shape index (κ2) is 7.77. The molecule has 0 saturated carbocycles. The van der Waals surface area contributed by atoms with Gasteiger partial charge in [0, 0.05) is 6.04 Å². The van der Waals surface area contributed by atoms with E-state index >= 15 is 0 Å². The standard InChI is InChI=1S/C17H27NO3S/c1-12(2)10-22(20,21)11-17(19)18-15(5)9-16-7-6-13(3)8-14(16)4/h6-8,12,15H,9-11H2,1-5H3,(H,18,19)/t15-/m1/s1. The van der Waals surface area contributed by atoms with Gasteiger partial charge < -0.3 is 5.32 Å². The zero-order chi connectivity index (χ0) is 16.9. The van der Waals surface area contributed by atoms with Crippen LogP contribution >= 0.6 is 0 Å². The lowest BCUT2D eigenvalue weighted by Crippen LogP contribution is -2.38. The van der Waals surface area contributed by atoms with Crippen LogP contribution in [0.3, 0.4) is 0 Å². The molecule has 0 aliphatic carbocycles. The fourth-order valence-corrected chi connectivity index (χ4v) is 4.16. The number of carbonyl (C=O) groups excluding carboxylic acids is 1. The molecule has 0 heterocycles. The molecule has 1 aromatic carbocycles. The first-order chi connectivity index (χ1) is 10.1. The van der Waals surface area contributed by atoms with Crippen LogP contribution in [0.5, 0.6) is 0 Å². The predicted molar refractivity (Wildman–Crippen MR) is 90.7 cm³/mol. The lowest BCUT2D eigenvalue weighted by Gasteiger charge is -2.16. The van der Waals surface area contributed by atoms with Crippen molar-refractivity contribution >= 4 is 15.7 Å². The molecule has 1 N–H and O–H groups in total. The molecule has 0 radical (unpaired) electrons. The van der Waals surface area contributed by atoms with Crippen molar-refractivity contribution in [3.8, 4) is 0 Å². The number of benzene rings is 1. The summed E-state index contributed by atoms with van der Waals surface area (Å²) in [6, 6.07) is 6.12. The molecule has 0 aromatic heterocycles. The van der Waals surface area contributed by atoms with Crippen LogP contribution in [-0.2, 0) is 21.1 Å². The summed E-state index contributed by atoms with van der Waals surface area (Å²) in [5, 5.41) is 2.78. The van der Waals surface area contributed by atoms with E-state index in [0.717, 1.165) is 0 Å². The minimum Gasteiger partial charge on any atom is -0.352 e. The summed E-state index contributed by atoms with van der Waals surface area (Å²) >= 11 is 0. The topological polar surface area (TPSA) is 63.2 Å². The number of nitrogens with one attached hydrogen (secondary N) is 1. The summed E-state index contributed by atoms with van der Waals surface area (Å²) < 4.78 is 23.6. The van der Waals surface area contributed by atoms with E-state index < -0.39 is 21.5 Å². The fourth-order valence-electron chi connectivity index (χ4n) is 2.54. The van der Waals surface area contributed by atoms with Crippen LogP contribution in [0.25, 0.3) is 0 Å². The van der Waals surface area contributed by atoms with Crippen molar-refractivity contribution in [2.75, 3.05) is 11.5 Å². The summed E-state index contributed by atoms with van der Waals surface area (Å²) in [6.45, 7) is 9.65. The molecule has 1 amide bonds. The Kier molecular flexibility index (Phi) is 6.60. The molecule has 1 aromatic rings. The first-order valence-electron chi connectivity index (χ1n) is 7.65. The average Bonchev–Trinajstić information content (AvgIpc) is 2.29. The van der Waals surface area contributed by atoms with Gasteiger partial charge in [-0.05, 0) is 44.2 Å². The van der Waals surface area contributed by atoms with Gasteiger partial charge in [-0.1, -0.05) is 37.6 Å². The smallest absolute Gasteiger partial charge is 0.235 e. The van der Waals surface area contributed by atoms with Gasteiger partial charge in [0.15, 0.2) is 9.84 Å². The van der Waals surface area contributed by atoms with Crippen LogP contribution in [0.1, 0.15) is 37.5 Å². The molecule has 1 atom stereocenters. The summed E-state index contributed by atoms with van der Waals surface area (Å²) in [7, 11) is -3.32. The van der Waals surface area contributed by atoms with Crippen LogP contribution in [0, 0.1) is 19.8 Å². The van der Waals surface area contributed by atoms with Crippen molar-refractivity contribution in [1.29, 1.82) is 0 Å². The van der Waals surface area contributed by atoms with Gasteiger partial charge in [-0.3, -0.25) is 4.79 Å². The highest BCUT2D eigenvalue weighted by Crippen LogP contribution is 2.12. The highest BCUT2D eigenvalue weighted by atomic mass is 32.2. The highest BCUT2D eigenvalue weighted by Gasteiger charge is 2.19. The molecule has 124 valence electrons. The Morgan fingerprint density at radius 3 is 2.36 bits per heavy atom. The number of rotatable bonds is 7. The number of sulfone groups is 1. The first kappa shape index (κ1) is 18.7. The molecule has 0 aliphatic rings. The molecule has 0 aliphatic heterocycles. The van der Waals surface area contributed by atoms with Gasteiger partial charge in [0.2, 0.25) is 5.91 Å². The monoisotopic (exact) mass is 325 g/mol. The van der Waals surface area contributed by atoms with E-state index in [4.69, 9.17) is 0 Å². The minimum absolute atomic E-state index is 0.0328. The third kappa shape index (κ3) is 6.60.